The van der Waals surface area contributed by atoms with E-state index in [1.54, 1.807) is 7.11 Å². The van der Waals surface area contributed by atoms with E-state index in [9.17, 15) is 9.59 Å². The minimum Gasteiger partial charge on any atom is -0.497 e. The number of methoxy groups -OCH3 is 1. The summed E-state index contributed by atoms with van der Waals surface area (Å²) < 4.78 is 5.12. The van der Waals surface area contributed by atoms with Crippen LogP contribution in [0.4, 0.5) is 5.69 Å². The molecule has 2 bridgehead atoms. The number of rotatable bonds is 3. The molecule has 1 amide bonds. The quantitative estimate of drug-likeness (QED) is 0.930. The van der Waals surface area contributed by atoms with E-state index in [1.807, 2.05) is 31.2 Å². The number of fused-ring (bicyclic) bond motifs is 2. The summed E-state index contributed by atoms with van der Waals surface area (Å²) >= 11 is 0. The molecule has 1 aromatic rings. The lowest BCUT2D eigenvalue weighted by atomic mass is 9.64. The lowest BCUT2D eigenvalue weighted by Crippen LogP contribution is -2.43. The Balaban J connectivity index is 1.87. The molecule has 2 atom stereocenters. The van der Waals surface area contributed by atoms with Crippen molar-refractivity contribution in [1.29, 1.82) is 0 Å². The van der Waals surface area contributed by atoms with Crippen molar-refractivity contribution in [2.75, 3.05) is 12.4 Å². The van der Waals surface area contributed by atoms with E-state index in [-0.39, 0.29) is 22.5 Å². The first-order valence-electron chi connectivity index (χ1n) is 7.76. The predicted molar refractivity (Wildman–Crippen MR) is 84.8 cm³/mol. The standard InChI is InChI=1S/C18H23NO3/c1-16(2)17(3)9-10-18(16,11-14(17)20)15(21)19-12-5-7-13(22-4)8-6-12/h5-8H,9-11H2,1-4H3,(H,19,21)/t17-,18-/m0/s1. The molecular weight excluding hydrogens is 278 g/mol. The highest BCUT2D eigenvalue weighted by Crippen LogP contribution is 2.70. The zero-order valence-electron chi connectivity index (χ0n) is 13.7. The molecule has 1 N–H and O–H groups in total. The topological polar surface area (TPSA) is 55.4 Å². The average molecular weight is 301 g/mol. The van der Waals surface area contributed by atoms with E-state index < -0.39 is 5.41 Å². The Morgan fingerprint density at radius 3 is 2.23 bits per heavy atom. The zero-order valence-corrected chi connectivity index (χ0v) is 13.7. The van der Waals surface area contributed by atoms with E-state index >= 15 is 0 Å². The number of ether oxygens (including phenoxy) is 1. The van der Waals surface area contributed by atoms with E-state index in [4.69, 9.17) is 4.74 Å². The van der Waals surface area contributed by atoms with Gasteiger partial charge in [-0.1, -0.05) is 20.8 Å². The van der Waals surface area contributed by atoms with Crippen LogP contribution in [0.15, 0.2) is 24.3 Å². The molecule has 3 rings (SSSR count). The van der Waals surface area contributed by atoms with Crippen LogP contribution in [0.3, 0.4) is 0 Å². The van der Waals surface area contributed by atoms with Crippen LogP contribution in [0.1, 0.15) is 40.0 Å². The second-order valence-corrected chi connectivity index (χ2v) is 7.32. The fourth-order valence-electron chi connectivity index (χ4n) is 4.29. The molecule has 0 aliphatic heterocycles. The molecule has 0 aromatic heterocycles. The number of Topliss-reactive ketones (excluding diaryl/α,β-unsaturated/α-hetero) is 1. The Morgan fingerprint density at radius 2 is 1.77 bits per heavy atom. The molecule has 118 valence electrons. The summed E-state index contributed by atoms with van der Waals surface area (Å²) in [6, 6.07) is 7.28. The zero-order chi connectivity index (χ0) is 16.2. The third kappa shape index (κ3) is 1.70. The molecule has 0 spiro atoms. The van der Waals surface area contributed by atoms with Crippen molar-refractivity contribution in [3.8, 4) is 5.75 Å². The molecular formula is C18H23NO3. The van der Waals surface area contributed by atoms with Gasteiger partial charge in [-0.25, -0.2) is 0 Å². The summed E-state index contributed by atoms with van der Waals surface area (Å²) in [4.78, 5) is 25.4. The van der Waals surface area contributed by atoms with Crippen molar-refractivity contribution in [1.82, 2.24) is 0 Å². The average Bonchev–Trinajstić information content (AvgIpc) is 2.78. The number of nitrogens with one attached hydrogen (secondary N) is 1. The largest absolute Gasteiger partial charge is 0.497 e. The molecule has 2 aliphatic carbocycles. The lowest BCUT2D eigenvalue weighted by Gasteiger charge is -2.38. The lowest BCUT2D eigenvalue weighted by molar-refractivity contribution is -0.131. The highest BCUT2D eigenvalue weighted by Gasteiger charge is 2.72. The van der Waals surface area contributed by atoms with Crippen molar-refractivity contribution in [2.24, 2.45) is 16.2 Å². The molecule has 0 radical (unpaired) electrons. The Hall–Kier alpha value is -1.84. The Morgan fingerprint density at radius 1 is 1.14 bits per heavy atom. The maximum absolute atomic E-state index is 13.0. The molecule has 0 saturated heterocycles. The molecule has 0 unspecified atom stereocenters. The molecule has 4 nitrogen and oxygen atoms in total. The number of anilines is 1. The van der Waals surface area contributed by atoms with Crippen molar-refractivity contribution in [3.05, 3.63) is 24.3 Å². The Bertz CT molecular complexity index is 634. The van der Waals surface area contributed by atoms with Crippen LogP contribution < -0.4 is 10.1 Å². The van der Waals surface area contributed by atoms with Gasteiger partial charge in [-0.15, -0.1) is 0 Å². The molecule has 2 fully saturated rings. The number of hydrogen-bond donors (Lipinski definition) is 1. The van der Waals surface area contributed by atoms with Crippen LogP contribution >= 0.6 is 0 Å². The van der Waals surface area contributed by atoms with Gasteiger partial charge in [0.2, 0.25) is 5.91 Å². The number of carbonyl (C=O) groups is 2. The van der Waals surface area contributed by atoms with Gasteiger partial charge in [0.05, 0.1) is 12.5 Å². The molecule has 4 heteroatoms. The monoisotopic (exact) mass is 301 g/mol. The number of carbonyl (C=O) groups excluding carboxylic acids is 2. The molecule has 2 aliphatic rings. The predicted octanol–water partition coefficient (Wildman–Crippen LogP) is 3.42. The second-order valence-electron chi connectivity index (χ2n) is 7.32. The summed E-state index contributed by atoms with van der Waals surface area (Å²) in [5, 5.41) is 3.00. The smallest absolute Gasteiger partial charge is 0.231 e. The van der Waals surface area contributed by atoms with Gasteiger partial charge < -0.3 is 10.1 Å². The molecule has 0 heterocycles. The van der Waals surface area contributed by atoms with Crippen LogP contribution in [0, 0.1) is 16.2 Å². The van der Waals surface area contributed by atoms with Gasteiger partial charge in [0.25, 0.3) is 0 Å². The maximum atomic E-state index is 13.0. The maximum Gasteiger partial charge on any atom is 0.231 e. The van der Waals surface area contributed by atoms with E-state index in [0.717, 1.165) is 24.3 Å². The fourth-order valence-corrected chi connectivity index (χ4v) is 4.29. The molecule has 1 aromatic carbocycles. The van der Waals surface area contributed by atoms with Gasteiger partial charge in [-0.05, 0) is 42.5 Å². The summed E-state index contributed by atoms with van der Waals surface area (Å²) in [6.45, 7) is 6.15. The van der Waals surface area contributed by atoms with Crippen LogP contribution in [0.25, 0.3) is 0 Å². The third-order valence-corrected chi connectivity index (χ3v) is 6.49. The first kappa shape index (κ1) is 15.1. The first-order valence-corrected chi connectivity index (χ1v) is 7.76. The molecule has 22 heavy (non-hydrogen) atoms. The van der Waals surface area contributed by atoms with E-state index in [1.165, 1.54) is 0 Å². The summed E-state index contributed by atoms with van der Waals surface area (Å²) in [5.74, 6) is 0.951. The minimum atomic E-state index is -0.585. The van der Waals surface area contributed by atoms with Gasteiger partial charge >= 0.3 is 0 Å². The van der Waals surface area contributed by atoms with Crippen molar-refractivity contribution < 1.29 is 14.3 Å². The van der Waals surface area contributed by atoms with Crippen LogP contribution in [-0.4, -0.2) is 18.8 Å². The summed E-state index contributed by atoms with van der Waals surface area (Å²) in [5.41, 5.74) is -0.527. The molecule has 2 saturated carbocycles. The SMILES string of the molecule is COc1ccc(NC(=O)[C@]23CC[C@@](C)(C(=O)C2)C3(C)C)cc1. The summed E-state index contributed by atoms with van der Waals surface area (Å²) in [7, 11) is 1.61. The minimum absolute atomic E-state index is 0.0303. The highest BCUT2D eigenvalue weighted by molar-refractivity contribution is 6.04. The number of ketones is 1. The van der Waals surface area contributed by atoms with Gasteiger partial charge in [0, 0.05) is 17.5 Å². The van der Waals surface area contributed by atoms with Gasteiger partial charge in [0.15, 0.2) is 0 Å². The Kier molecular flexibility index (Phi) is 3.13. The van der Waals surface area contributed by atoms with Crippen LogP contribution in [-0.2, 0) is 9.59 Å². The van der Waals surface area contributed by atoms with Gasteiger partial charge in [-0.3, -0.25) is 9.59 Å². The fraction of sp³-hybridized carbons (Fsp3) is 0.556. The number of benzene rings is 1. The van der Waals surface area contributed by atoms with Crippen molar-refractivity contribution >= 4 is 17.4 Å². The highest BCUT2D eigenvalue weighted by atomic mass is 16.5. The van der Waals surface area contributed by atoms with Crippen LogP contribution in [0.5, 0.6) is 5.75 Å². The van der Waals surface area contributed by atoms with Gasteiger partial charge in [-0.2, -0.15) is 0 Å². The van der Waals surface area contributed by atoms with Crippen molar-refractivity contribution in [3.63, 3.8) is 0 Å². The first-order chi connectivity index (χ1) is 10.3. The number of amides is 1. The van der Waals surface area contributed by atoms with Gasteiger partial charge in [0.1, 0.15) is 11.5 Å². The second kappa shape index (κ2) is 4.58. The number of hydrogen-bond acceptors (Lipinski definition) is 3. The Labute approximate surface area is 131 Å². The normalized spacial score (nSPS) is 32.1. The summed E-state index contributed by atoms with van der Waals surface area (Å²) in [6.07, 6.45) is 1.94. The van der Waals surface area contributed by atoms with E-state index in [2.05, 4.69) is 19.2 Å². The van der Waals surface area contributed by atoms with Crippen molar-refractivity contribution in [2.45, 2.75) is 40.0 Å². The third-order valence-electron chi connectivity index (χ3n) is 6.49. The van der Waals surface area contributed by atoms with Crippen LogP contribution in [0.2, 0.25) is 0 Å². The van der Waals surface area contributed by atoms with E-state index in [0.29, 0.717) is 6.42 Å².